The lowest BCUT2D eigenvalue weighted by atomic mass is 10.0. The summed E-state index contributed by atoms with van der Waals surface area (Å²) in [5.41, 5.74) is 3.71. The van der Waals surface area contributed by atoms with Gasteiger partial charge in [0.2, 0.25) is 0 Å². The van der Waals surface area contributed by atoms with Gasteiger partial charge in [0.15, 0.2) is 0 Å². The van der Waals surface area contributed by atoms with E-state index in [1.54, 1.807) is 0 Å². The van der Waals surface area contributed by atoms with Crippen molar-refractivity contribution >= 4 is 5.71 Å². The zero-order valence-electron chi connectivity index (χ0n) is 8.70. The van der Waals surface area contributed by atoms with E-state index in [0.717, 1.165) is 11.1 Å². The van der Waals surface area contributed by atoms with Crippen molar-refractivity contribution in [2.45, 2.75) is 6.92 Å². The lowest BCUT2D eigenvalue weighted by Crippen LogP contribution is -2.00. The summed E-state index contributed by atoms with van der Waals surface area (Å²) in [6.45, 7) is 2.04. The van der Waals surface area contributed by atoms with Crippen LogP contribution in [-0.4, -0.2) is 5.71 Å². The number of aryl methyl sites for hydroxylation is 1. The second-order valence-electron chi connectivity index (χ2n) is 3.61. The van der Waals surface area contributed by atoms with Crippen LogP contribution in [-0.2, 0) is 0 Å². The zero-order chi connectivity index (χ0) is 10.7. The summed E-state index contributed by atoms with van der Waals surface area (Å²) >= 11 is 0. The van der Waals surface area contributed by atoms with Crippen molar-refractivity contribution in [3.8, 4) is 0 Å². The Morgan fingerprint density at radius 2 is 1.53 bits per heavy atom. The summed E-state index contributed by atoms with van der Waals surface area (Å²) in [6.07, 6.45) is 0. The maximum absolute atomic E-state index is 8.07. The molecule has 0 fully saturated rings. The molecule has 0 aromatic heterocycles. The van der Waals surface area contributed by atoms with Gasteiger partial charge < -0.3 is 0 Å². The summed E-state index contributed by atoms with van der Waals surface area (Å²) in [7, 11) is 0. The molecule has 2 rings (SSSR count). The first-order valence-electron chi connectivity index (χ1n) is 4.98. The molecular weight excluding hydrogens is 182 g/mol. The van der Waals surface area contributed by atoms with Crippen molar-refractivity contribution in [3.63, 3.8) is 0 Å². The first-order valence-corrected chi connectivity index (χ1v) is 4.98. The van der Waals surface area contributed by atoms with Gasteiger partial charge in [-0.3, -0.25) is 5.41 Å². The molecule has 0 aliphatic heterocycles. The van der Waals surface area contributed by atoms with Gasteiger partial charge in [-0.2, -0.15) is 0 Å². The van der Waals surface area contributed by atoms with Crippen molar-refractivity contribution in [2.24, 2.45) is 0 Å². The minimum atomic E-state index is 0.583. The Hall–Kier alpha value is -1.89. The molecule has 0 radical (unpaired) electrons. The molecule has 1 nitrogen and oxygen atoms in total. The van der Waals surface area contributed by atoms with Gasteiger partial charge in [0, 0.05) is 5.56 Å². The molecule has 1 heteroatoms. The van der Waals surface area contributed by atoms with Crippen molar-refractivity contribution < 1.29 is 0 Å². The molecule has 0 saturated heterocycles. The quantitative estimate of drug-likeness (QED) is 0.710. The van der Waals surface area contributed by atoms with Crippen LogP contribution in [0.15, 0.2) is 54.6 Å². The largest absolute Gasteiger partial charge is 0.300 e. The fraction of sp³-hybridized carbons (Fsp3) is 0.0714. The molecule has 1 N–H and O–H groups in total. The molecule has 2 aromatic rings. The Kier molecular flexibility index (Phi) is 2.64. The molecule has 2 aromatic carbocycles. The van der Waals surface area contributed by atoms with Crippen LogP contribution in [0, 0.1) is 12.3 Å². The van der Waals surface area contributed by atoms with E-state index in [9.17, 15) is 0 Å². The van der Waals surface area contributed by atoms with E-state index in [1.165, 1.54) is 5.56 Å². The van der Waals surface area contributed by atoms with Crippen molar-refractivity contribution in [2.75, 3.05) is 0 Å². The van der Waals surface area contributed by atoms with Crippen LogP contribution in [0.5, 0.6) is 0 Å². The molecule has 0 saturated carbocycles. The minimum Gasteiger partial charge on any atom is -0.300 e. The predicted octanol–water partition coefficient (Wildman–Crippen LogP) is 3.41. The Bertz CT molecular complexity index is 472. The number of benzene rings is 2. The first-order chi connectivity index (χ1) is 7.27. The van der Waals surface area contributed by atoms with Crippen LogP contribution in [0.1, 0.15) is 16.7 Å². The number of hydrogen-bond donors (Lipinski definition) is 1. The van der Waals surface area contributed by atoms with Crippen LogP contribution < -0.4 is 0 Å². The van der Waals surface area contributed by atoms with E-state index in [-0.39, 0.29) is 0 Å². The van der Waals surface area contributed by atoms with Crippen molar-refractivity contribution in [3.05, 3.63) is 71.3 Å². The Morgan fingerprint density at radius 3 is 2.20 bits per heavy atom. The predicted molar refractivity (Wildman–Crippen MR) is 63.6 cm³/mol. The van der Waals surface area contributed by atoms with E-state index >= 15 is 0 Å². The summed E-state index contributed by atoms with van der Waals surface area (Å²) in [5, 5.41) is 8.07. The third kappa shape index (κ3) is 2.13. The van der Waals surface area contributed by atoms with Crippen LogP contribution in [0.2, 0.25) is 0 Å². The van der Waals surface area contributed by atoms with Crippen LogP contribution in [0.4, 0.5) is 0 Å². The normalized spacial score (nSPS) is 9.93. The minimum absolute atomic E-state index is 0.583. The van der Waals surface area contributed by atoms with E-state index in [2.05, 4.69) is 0 Å². The van der Waals surface area contributed by atoms with Gasteiger partial charge in [-0.25, -0.2) is 0 Å². The Morgan fingerprint density at radius 1 is 0.867 bits per heavy atom. The number of hydrogen-bond acceptors (Lipinski definition) is 1. The third-order valence-corrected chi connectivity index (χ3v) is 2.37. The molecular formula is C14H13N. The van der Waals surface area contributed by atoms with Gasteiger partial charge in [0.25, 0.3) is 0 Å². The first kappa shape index (κ1) is 9.66. The van der Waals surface area contributed by atoms with Crippen LogP contribution >= 0.6 is 0 Å². The monoisotopic (exact) mass is 195 g/mol. The van der Waals surface area contributed by atoms with Gasteiger partial charge in [0.05, 0.1) is 5.71 Å². The van der Waals surface area contributed by atoms with E-state index < -0.39 is 0 Å². The Balaban J connectivity index is 2.37. The highest BCUT2D eigenvalue weighted by atomic mass is 14.4. The lowest BCUT2D eigenvalue weighted by molar-refractivity contribution is 1.41. The smallest absolute Gasteiger partial charge is 0.0684 e. The summed E-state index contributed by atoms with van der Waals surface area (Å²) in [5.74, 6) is 0. The summed E-state index contributed by atoms with van der Waals surface area (Å²) in [6, 6.07) is 17.9. The zero-order valence-corrected chi connectivity index (χ0v) is 8.70. The molecule has 0 spiro atoms. The molecule has 74 valence electrons. The standard InChI is InChI=1S/C14H13N/c1-11-6-5-9-13(10-11)14(15)12-7-3-2-4-8-12/h2-10,15H,1H3. The second kappa shape index (κ2) is 4.09. The highest BCUT2D eigenvalue weighted by Gasteiger charge is 2.03. The van der Waals surface area contributed by atoms with Gasteiger partial charge in [-0.15, -0.1) is 0 Å². The molecule has 0 aliphatic rings. The molecule has 0 unspecified atom stereocenters. The van der Waals surface area contributed by atoms with Gasteiger partial charge in [0.1, 0.15) is 0 Å². The lowest BCUT2D eigenvalue weighted by Gasteiger charge is -2.04. The van der Waals surface area contributed by atoms with Gasteiger partial charge >= 0.3 is 0 Å². The van der Waals surface area contributed by atoms with Gasteiger partial charge in [-0.05, 0) is 18.6 Å². The summed E-state index contributed by atoms with van der Waals surface area (Å²) < 4.78 is 0. The molecule has 15 heavy (non-hydrogen) atoms. The molecule has 0 aliphatic carbocycles. The van der Waals surface area contributed by atoms with Crippen molar-refractivity contribution in [1.82, 2.24) is 0 Å². The van der Waals surface area contributed by atoms with E-state index in [1.807, 2.05) is 61.5 Å². The highest BCUT2D eigenvalue weighted by Crippen LogP contribution is 2.10. The number of rotatable bonds is 2. The van der Waals surface area contributed by atoms with Crippen LogP contribution in [0.3, 0.4) is 0 Å². The topological polar surface area (TPSA) is 23.9 Å². The van der Waals surface area contributed by atoms with E-state index in [0.29, 0.717) is 5.71 Å². The average Bonchev–Trinajstić information content (AvgIpc) is 2.29. The SMILES string of the molecule is Cc1cccc(C(=N)c2ccccc2)c1. The maximum Gasteiger partial charge on any atom is 0.0684 e. The average molecular weight is 195 g/mol. The molecule has 0 atom stereocenters. The summed E-state index contributed by atoms with van der Waals surface area (Å²) in [4.78, 5) is 0. The maximum atomic E-state index is 8.07. The molecule has 0 amide bonds. The molecule has 0 heterocycles. The highest BCUT2D eigenvalue weighted by molar-refractivity contribution is 6.10. The van der Waals surface area contributed by atoms with E-state index in [4.69, 9.17) is 5.41 Å². The number of nitrogens with one attached hydrogen (secondary N) is 1. The fourth-order valence-electron chi connectivity index (χ4n) is 1.57. The third-order valence-electron chi connectivity index (χ3n) is 2.37. The van der Waals surface area contributed by atoms with Gasteiger partial charge in [-0.1, -0.05) is 54.1 Å². The molecule has 0 bridgehead atoms. The van der Waals surface area contributed by atoms with Crippen molar-refractivity contribution in [1.29, 1.82) is 5.41 Å². The fourth-order valence-corrected chi connectivity index (χ4v) is 1.57. The Labute approximate surface area is 89.9 Å². The van der Waals surface area contributed by atoms with Crippen LogP contribution in [0.25, 0.3) is 0 Å². The second-order valence-corrected chi connectivity index (χ2v) is 3.61.